The number of rotatable bonds is 6. The van der Waals surface area contributed by atoms with Crippen LogP contribution in [-0.2, 0) is 16.1 Å². The Labute approximate surface area is 133 Å². The standard InChI is InChI=1S/C16H16N2O3S/c1-3-20-11(2)15-18-14(10-22-15)16(19)21-9-13-6-4-5-12(7-13)8-17/h4-7,10-11H,3,9H2,1-2H3/t11-/m1/s1. The lowest BCUT2D eigenvalue weighted by molar-refractivity contribution is 0.0464. The number of benzene rings is 1. The van der Waals surface area contributed by atoms with Crippen molar-refractivity contribution in [2.75, 3.05) is 6.61 Å². The van der Waals surface area contributed by atoms with E-state index in [1.807, 2.05) is 19.9 Å². The highest BCUT2D eigenvalue weighted by Gasteiger charge is 2.16. The molecule has 2 rings (SSSR count). The Morgan fingerprint density at radius 2 is 2.32 bits per heavy atom. The normalized spacial score (nSPS) is 11.7. The molecule has 0 fully saturated rings. The number of carbonyl (C=O) groups is 1. The summed E-state index contributed by atoms with van der Waals surface area (Å²) < 4.78 is 10.7. The van der Waals surface area contributed by atoms with Crippen LogP contribution in [0.1, 0.15) is 46.6 Å². The number of ether oxygens (including phenoxy) is 2. The third-order valence-electron chi connectivity index (χ3n) is 2.92. The summed E-state index contributed by atoms with van der Waals surface area (Å²) in [6, 6.07) is 9.00. The van der Waals surface area contributed by atoms with Crippen LogP contribution in [0, 0.1) is 11.3 Å². The van der Waals surface area contributed by atoms with Gasteiger partial charge in [0.15, 0.2) is 5.69 Å². The van der Waals surface area contributed by atoms with Gasteiger partial charge in [-0.15, -0.1) is 11.3 Å². The summed E-state index contributed by atoms with van der Waals surface area (Å²) in [5, 5.41) is 11.3. The van der Waals surface area contributed by atoms with Gasteiger partial charge in [0.2, 0.25) is 0 Å². The molecule has 1 atom stereocenters. The fraction of sp³-hybridized carbons (Fsp3) is 0.312. The molecule has 0 amide bonds. The van der Waals surface area contributed by atoms with Crippen LogP contribution in [0.25, 0.3) is 0 Å². The van der Waals surface area contributed by atoms with E-state index in [0.29, 0.717) is 12.2 Å². The lowest BCUT2D eigenvalue weighted by atomic mass is 10.1. The second-order valence-electron chi connectivity index (χ2n) is 4.56. The quantitative estimate of drug-likeness (QED) is 0.763. The number of hydrogen-bond donors (Lipinski definition) is 0. The van der Waals surface area contributed by atoms with Gasteiger partial charge in [-0.25, -0.2) is 9.78 Å². The Hall–Kier alpha value is -2.23. The van der Waals surface area contributed by atoms with Gasteiger partial charge in [-0.05, 0) is 31.5 Å². The van der Waals surface area contributed by atoms with Crippen LogP contribution >= 0.6 is 11.3 Å². The summed E-state index contributed by atoms with van der Waals surface area (Å²) in [6.07, 6.45) is -0.135. The van der Waals surface area contributed by atoms with Gasteiger partial charge in [-0.3, -0.25) is 0 Å². The van der Waals surface area contributed by atoms with Gasteiger partial charge in [-0.2, -0.15) is 5.26 Å². The smallest absolute Gasteiger partial charge is 0.358 e. The molecule has 0 saturated carbocycles. The van der Waals surface area contributed by atoms with E-state index in [1.54, 1.807) is 29.6 Å². The largest absolute Gasteiger partial charge is 0.456 e. The van der Waals surface area contributed by atoms with Crippen molar-refractivity contribution in [1.29, 1.82) is 5.26 Å². The average molecular weight is 316 g/mol. The summed E-state index contributed by atoms with van der Waals surface area (Å²) in [5.74, 6) is -0.478. The monoisotopic (exact) mass is 316 g/mol. The summed E-state index contributed by atoms with van der Waals surface area (Å²) >= 11 is 1.37. The second kappa shape index (κ2) is 7.69. The van der Waals surface area contributed by atoms with Gasteiger partial charge in [0, 0.05) is 12.0 Å². The first-order valence-corrected chi connectivity index (χ1v) is 7.75. The Bertz CT molecular complexity index is 691. The van der Waals surface area contributed by atoms with Gasteiger partial charge >= 0.3 is 5.97 Å². The van der Waals surface area contributed by atoms with Crippen LogP contribution in [-0.4, -0.2) is 17.6 Å². The molecule has 1 aromatic heterocycles. The van der Waals surface area contributed by atoms with E-state index in [9.17, 15) is 4.79 Å². The summed E-state index contributed by atoms with van der Waals surface area (Å²) in [4.78, 5) is 16.2. The lowest BCUT2D eigenvalue weighted by Gasteiger charge is -2.07. The molecular formula is C16H16N2O3S. The van der Waals surface area contributed by atoms with Crippen molar-refractivity contribution in [1.82, 2.24) is 4.98 Å². The number of nitrogens with zero attached hydrogens (tertiary/aromatic N) is 2. The van der Waals surface area contributed by atoms with Crippen molar-refractivity contribution in [3.8, 4) is 6.07 Å². The molecule has 0 spiro atoms. The minimum Gasteiger partial charge on any atom is -0.456 e. The van der Waals surface area contributed by atoms with E-state index in [4.69, 9.17) is 14.7 Å². The molecule has 6 heteroatoms. The molecule has 0 N–H and O–H groups in total. The molecule has 1 aromatic carbocycles. The number of carbonyl (C=O) groups excluding carboxylic acids is 1. The molecule has 2 aromatic rings. The first kappa shape index (κ1) is 16.1. The average Bonchev–Trinajstić information content (AvgIpc) is 3.03. The van der Waals surface area contributed by atoms with E-state index in [-0.39, 0.29) is 18.4 Å². The van der Waals surface area contributed by atoms with Gasteiger partial charge in [0.1, 0.15) is 17.7 Å². The first-order valence-electron chi connectivity index (χ1n) is 6.87. The number of esters is 1. The Morgan fingerprint density at radius 1 is 1.50 bits per heavy atom. The highest BCUT2D eigenvalue weighted by molar-refractivity contribution is 7.09. The van der Waals surface area contributed by atoms with Crippen molar-refractivity contribution in [2.45, 2.75) is 26.6 Å². The van der Waals surface area contributed by atoms with E-state index < -0.39 is 5.97 Å². The van der Waals surface area contributed by atoms with Crippen LogP contribution in [0.5, 0.6) is 0 Å². The molecule has 0 aliphatic carbocycles. The molecule has 114 valence electrons. The van der Waals surface area contributed by atoms with Crippen molar-refractivity contribution < 1.29 is 14.3 Å². The zero-order valence-electron chi connectivity index (χ0n) is 12.4. The summed E-state index contributed by atoms with van der Waals surface area (Å²) in [7, 11) is 0. The molecule has 0 unspecified atom stereocenters. The number of nitriles is 1. The molecule has 0 bridgehead atoms. The Kier molecular flexibility index (Phi) is 5.64. The van der Waals surface area contributed by atoms with Gasteiger partial charge in [-0.1, -0.05) is 12.1 Å². The van der Waals surface area contributed by atoms with Crippen molar-refractivity contribution in [3.05, 3.63) is 51.5 Å². The zero-order valence-corrected chi connectivity index (χ0v) is 13.2. The van der Waals surface area contributed by atoms with E-state index in [0.717, 1.165) is 10.6 Å². The third-order valence-corrected chi connectivity index (χ3v) is 3.93. The molecule has 0 aliphatic heterocycles. The topological polar surface area (TPSA) is 72.2 Å². The molecule has 5 nitrogen and oxygen atoms in total. The van der Waals surface area contributed by atoms with Crippen LogP contribution < -0.4 is 0 Å². The molecule has 1 heterocycles. The van der Waals surface area contributed by atoms with Crippen molar-refractivity contribution >= 4 is 17.3 Å². The van der Waals surface area contributed by atoms with Crippen LogP contribution in [0.2, 0.25) is 0 Å². The summed E-state index contributed by atoms with van der Waals surface area (Å²) in [6.45, 7) is 4.51. The van der Waals surface area contributed by atoms with Crippen LogP contribution in [0.15, 0.2) is 29.6 Å². The zero-order chi connectivity index (χ0) is 15.9. The molecule has 0 aliphatic rings. The fourth-order valence-electron chi connectivity index (χ4n) is 1.84. The fourth-order valence-corrected chi connectivity index (χ4v) is 2.63. The predicted molar refractivity (Wildman–Crippen MR) is 82.4 cm³/mol. The van der Waals surface area contributed by atoms with Gasteiger partial charge < -0.3 is 9.47 Å². The van der Waals surface area contributed by atoms with Crippen molar-refractivity contribution in [2.24, 2.45) is 0 Å². The minimum atomic E-state index is -0.478. The highest BCUT2D eigenvalue weighted by atomic mass is 32.1. The SMILES string of the molecule is CCO[C@H](C)c1nc(C(=O)OCc2cccc(C#N)c2)cs1. The third kappa shape index (κ3) is 4.13. The number of hydrogen-bond acceptors (Lipinski definition) is 6. The molecular weight excluding hydrogens is 300 g/mol. The Balaban J connectivity index is 1.96. The molecule has 22 heavy (non-hydrogen) atoms. The molecule has 0 saturated heterocycles. The maximum Gasteiger partial charge on any atom is 0.358 e. The van der Waals surface area contributed by atoms with E-state index in [2.05, 4.69) is 4.98 Å². The maximum atomic E-state index is 12.0. The molecule has 0 radical (unpaired) electrons. The van der Waals surface area contributed by atoms with Crippen LogP contribution in [0.4, 0.5) is 0 Å². The summed E-state index contributed by atoms with van der Waals surface area (Å²) in [5.41, 5.74) is 1.59. The maximum absolute atomic E-state index is 12.0. The highest BCUT2D eigenvalue weighted by Crippen LogP contribution is 2.21. The minimum absolute atomic E-state index is 0.113. The first-order chi connectivity index (χ1) is 10.6. The van der Waals surface area contributed by atoms with Crippen LogP contribution in [0.3, 0.4) is 0 Å². The lowest BCUT2D eigenvalue weighted by Crippen LogP contribution is -2.07. The Morgan fingerprint density at radius 3 is 3.05 bits per heavy atom. The van der Waals surface area contributed by atoms with E-state index in [1.165, 1.54) is 11.3 Å². The van der Waals surface area contributed by atoms with Crippen molar-refractivity contribution in [3.63, 3.8) is 0 Å². The second-order valence-corrected chi connectivity index (χ2v) is 5.45. The van der Waals surface area contributed by atoms with Gasteiger partial charge in [0.25, 0.3) is 0 Å². The van der Waals surface area contributed by atoms with E-state index >= 15 is 0 Å². The predicted octanol–water partition coefficient (Wildman–Crippen LogP) is 3.47. The number of thiazole rings is 1. The number of aromatic nitrogens is 1. The van der Waals surface area contributed by atoms with Gasteiger partial charge in [0.05, 0.1) is 11.6 Å².